The van der Waals surface area contributed by atoms with Crippen LogP contribution < -0.4 is 10.2 Å². The Kier molecular flexibility index (Phi) is 7.32. The number of nitrogens with zero attached hydrogens (tertiary/aromatic N) is 2. The number of fused-ring (bicyclic) bond motifs is 2. The van der Waals surface area contributed by atoms with Crippen molar-refractivity contribution < 1.29 is 28.8 Å². The highest BCUT2D eigenvalue weighted by molar-refractivity contribution is 9.09. The van der Waals surface area contributed by atoms with Gasteiger partial charge in [-0.05, 0) is 12.2 Å². The van der Waals surface area contributed by atoms with E-state index in [1.165, 1.54) is 65.6 Å². The maximum absolute atomic E-state index is 9.41. The molecule has 0 aromatic heterocycles. The van der Waals surface area contributed by atoms with Gasteiger partial charge in [0, 0.05) is 0 Å². The Morgan fingerprint density at radius 2 is 1.19 bits per heavy atom. The third-order valence-electron chi connectivity index (χ3n) is 4.17. The van der Waals surface area contributed by atoms with Gasteiger partial charge in [0.1, 0.15) is 26.2 Å². The van der Waals surface area contributed by atoms with Crippen molar-refractivity contribution in [2.45, 2.75) is 0 Å². The summed E-state index contributed by atoms with van der Waals surface area (Å²) < 4.78 is 2.77. The van der Waals surface area contributed by atoms with E-state index in [1.54, 1.807) is 0 Å². The number of aliphatic carboxylic acids is 2. The number of hydrogen-bond acceptors (Lipinski definition) is 4. The fourth-order valence-electron chi connectivity index (χ4n) is 3.07. The number of piperazine rings is 1. The minimum absolute atomic E-state index is 0.384. The minimum atomic E-state index is -1.55. The van der Waals surface area contributed by atoms with Gasteiger partial charge in [-0.15, -0.1) is 0 Å². The number of rotatable bonds is 6. The van der Waals surface area contributed by atoms with E-state index in [0.29, 0.717) is 12.2 Å². The lowest BCUT2D eigenvalue weighted by atomic mass is 10.3. The van der Waals surface area contributed by atoms with Crippen LogP contribution in [0.15, 0.2) is 12.2 Å². The normalized spacial score (nSPS) is 30.2. The van der Waals surface area contributed by atoms with Crippen molar-refractivity contribution in [3.8, 4) is 0 Å². The zero-order valence-corrected chi connectivity index (χ0v) is 15.0. The summed E-state index contributed by atoms with van der Waals surface area (Å²) in [5.41, 5.74) is 0. The molecule has 6 nitrogen and oxygen atoms in total. The molecule has 0 N–H and O–H groups in total. The molecule has 2 fully saturated rings. The second-order valence-electron chi connectivity index (χ2n) is 5.52. The summed E-state index contributed by atoms with van der Waals surface area (Å²) in [6.07, 6.45) is 0.769. The van der Waals surface area contributed by atoms with Crippen molar-refractivity contribution >= 4 is 43.8 Å². The second kappa shape index (κ2) is 8.26. The molecule has 0 radical (unpaired) electrons. The molecular formula is C13H20Br2N2O4. The Labute approximate surface area is 141 Å². The molecule has 2 aliphatic rings. The molecule has 2 bridgehead atoms. The van der Waals surface area contributed by atoms with Crippen LogP contribution in [0.1, 0.15) is 0 Å². The van der Waals surface area contributed by atoms with Crippen LogP contribution in [-0.4, -0.2) is 77.5 Å². The molecule has 0 aliphatic carbocycles. The first-order valence-corrected chi connectivity index (χ1v) is 9.03. The average Bonchev–Trinajstić information content (AvgIpc) is 2.93. The molecule has 0 aromatic carbocycles. The molecule has 2 heterocycles. The summed E-state index contributed by atoms with van der Waals surface area (Å²) >= 11 is 7.16. The first-order chi connectivity index (χ1) is 9.87. The van der Waals surface area contributed by atoms with Gasteiger partial charge in [0.15, 0.2) is 0 Å². The highest BCUT2D eigenvalue weighted by atomic mass is 79.9. The molecule has 0 atom stereocenters. The van der Waals surface area contributed by atoms with Crippen molar-refractivity contribution in [2.75, 3.05) is 56.6 Å². The van der Waals surface area contributed by atoms with Gasteiger partial charge >= 0.3 is 0 Å². The predicted molar refractivity (Wildman–Crippen MR) is 81.3 cm³/mol. The molecule has 8 heteroatoms. The molecular weight excluding hydrogens is 408 g/mol. The number of halogens is 2. The van der Waals surface area contributed by atoms with E-state index < -0.39 is 11.9 Å². The first kappa shape index (κ1) is 18.6. The van der Waals surface area contributed by atoms with Gasteiger partial charge in [-0.1, -0.05) is 31.9 Å². The zero-order chi connectivity index (χ0) is 15.9. The fraction of sp³-hybridized carbons (Fsp3) is 0.692. The van der Waals surface area contributed by atoms with E-state index in [-0.39, 0.29) is 0 Å². The Morgan fingerprint density at radius 3 is 1.43 bits per heavy atom. The molecule has 0 amide bonds. The summed E-state index contributed by atoms with van der Waals surface area (Å²) in [7, 11) is 0. The van der Waals surface area contributed by atoms with Crippen LogP contribution in [0.5, 0.6) is 0 Å². The molecule has 0 unspecified atom stereocenters. The van der Waals surface area contributed by atoms with Crippen molar-refractivity contribution in [1.29, 1.82) is 0 Å². The molecule has 2 aliphatic heterocycles. The summed E-state index contributed by atoms with van der Waals surface area (Å²) in [4.78, 5) is 18.8. The van der Waals surface area contributed by atoms with E-state index in [1.807, 2.05) is 0 Å². The summed E-state index contributed by atoms with van der Waals surface area (Å²) in [5.74, 6) is -3.09. The Bertz CT molecular complexity index is 371. The van der Waals surface area contributed by atoms with Crippen LogP contribution in [0, 0.1) is 0 Å². The lowest BCUT2D eigenvalue weighted by Crippen LogP contribution is -2.48. The third kappa shape index (κ3) is 5.69. The maximum atomic E-state index is 9.41. The Balaban J connectivity index is 0.000000240. The Morgan fingerprint density at radius 1 is 0.857 bits per heavy atom. The lowest BCUT2D eigenvalue weighted by molar-refractivity contribution is -0.985. The van der Waals surface area contributed by atoms with Gasteiger partial charge in [0.05, 0.1) is 35.7 Å². The van der Waals surface area contributed by atoms with Gasteiger partial charge in [0.25, 0.3) is 0 Å². The highest BCUT2D eigenvalue weighted by Crippen LogP contribution is 2.31. The van der Waals surface area contributed by atoms with E-state index >= 15 is 0 Å². The number of alkyl halides is 2. The number of quaternary nitrogens is 2. The number of carboxylic acids is 2. The summed E-state index contributed by atoms with van der Waals surface area (Å²) in [5, 5.41) is 21.2. The molecule has 0 spiro atoms. The largest absolute Gasteiger partial charge is 0.545 e. The molecule has 120 valence electrons. The van der Waals surface area contributed by atoms with Gasteiger partial charge in [-0.25, -0.2) is 0 Å². The first-order valence-electron chi connectivity index (χ1n) is 6.79. The molecule has 0 aromatic rings. The average molecular weight is 428 g/mol. The summed E-state index contributed by atoms with van der Waals surface area (Å²) in [6, 6.07) is 0. The molecule has 2 rings (SSSR count). The maximum Gasteiger partial charge on any atom is 0.208 e. The van der Waals surface area contributed by atoms with Gasteiger partial charge in [-0.3, -0.25) is 8.97 Å². The Hall–Kier alpha value is -0.440. The third-order valence-corrected chi connectivity index (χ3v) is 4.88. The number of carbonyl (C=O) groups is 2. The standard InChI is InChI=1S/C9H18Br2N2.C4H4O4/c10-1-3-12-5-7-13(9-12,4-2-11)8-6-12;5-3(6)1-2-4(7)8/h1-9H2;1-2H,(H,5,6)(H,7,8)/q+2;/p-2/b;2-1-. The van der Waals surface area contributed by atoms with E-state index in [0.717, 1.165) is 0 Å². The number of carboxylic acid groups (broad SMARTS) is 2. The van der Waals surface area contributed by atoms with Crippen molar-refractivity contribution in [3.05, 3.63) is 12.2 Å². The zero-order valence-electron chi connectivity index (χ0n) is 11.8. The monoisotopic (exact) mass is 426 g/mol. The van der Waals surface area contributed by atoms with Gasteiger partial charge in [-0.2, -0.15) is 0 Å². The van der Waals surface area contributed by atoms with E-state index in [2.05, 4.69) is 31.9 Å². The molecule has 0 saturated carbocycles. The minimum Gasteiger partial charge on any atom is -0.545 e. The van der Waals surface area contributed by atoms with Crippen LogP contribution in [0.3, 0.4) is 0 Å². The van der Waals surface area contributed by atoms with E-state index in [9.17, 15) is 19.8 Å². The lowest BCUT2D eigenvalue weighted by Gasteiger charge is -2.26. The highest BCUT2D eigenvalue weighted by Gasteiger charge is 2.54. The van der Waals surface area contributed by atoms with Gasteiger partial charge in [0.2, 0.25) is 6.67 Å². The van der Waals surface area contributed by atoms with Gasteiger partial charge < -0.3 is 19.8 Å². The molecule has 21 heavy (non-hydrogen) atoms. The molecule has 2 saturated heterocycles. The van der Waals surface area contributed by atoms with Crippen molar-refractivity contribution in [2.24, 2.45) is 0 Å². The topological polar surface area (TPSA) is 80.3 Å². The van der Waals surface area contributed by atoms with Crippen LogP contribution >= 0.6 is 31.9 Å². The number of hydrogen-bond donors (Lipinski definition) is 0. The van der Waals surface area contributed by atoms with Crippen LogP contribution in [0.4, 0.5) is 0 Å². The van der Waals surface area contributed by atoms with Crippen LogP contribution in [-0.2, 0) is 9.59 Å². The van der Waals surface area contributed by atoms with E-state index in [4.69, 9.17) is 0 Å². The number of carbonyl (C=O) groups excluding carboxylic acids is 2. The quantitative estimate of drug-likeness (QED) is 0.291. The SMILES string of the molecule is BrCC[N+]12CC[N+](CCBr)(CC1)C2.O=C([O-])/C=C\C(=O)[O-]. The van der Waals surface area contributed by atoms with Crippen molar-refractivity contribution in [1.82, 2.24) is 0 Å². The second-order valence-corrected chi connectivity index (χ2v) is 7.10. The fourth-order valence-corrected chi connectivity index (χ4v) is 4.58. The van der Waals surface area contributed by atoms with Crippen LogP contribution in [0.25, 0.3) is 0 Å². The van der Waals surface area contributed by atoms with Crippen LogP contribution in [0.2, 0.25) is 0 Å². The van der Waals surface area contributed by atoms with Crippen molar-refractivity contribution in [3.63, 3.8) is 0 Å². The predicted octanol–water partition coefficient (Wildman–Crippen LogP) is -1.56. The smallest absolute Gasteiger partial charge is 0.208 e. The summed E-state index contributed by atoms with van der Waals surface area (Å²) in [6.45, 7) is 9.73.